The second-order valence-corrected chi connectivity index (χ2v) is 6.49. The van der Waals surface area contributed by atoms with Gasteiger partial charge in [-0.3, -0.25) is 9.59 Å². The van der Waals surface area contributed by atoms with Crippen molar-refractivity contribution in [3.8, 4) is 16.9 Å². The number of carbonyl (C=O) groups is 2. The van der Waals surface area contributed by atoms with E-state index in [-0.39, 0.29) is 12.6 Å². The minimum Gasteiger partial charge on any atom is -0.456 e. The van der Waals surface area contributed by atoms with Gasteiger partial charge in [0.15, 0.2) is 6.61 Å². The standard InChI is InChI=1S/C22H23N3O3/c1-3-7-22(27)28-15-21(26)23-20-14-19(17-12-10-16(2)11-13-17)24-25(20)18-8-5-4-6-9-18/h4-6,8-14H,3,7,15H2,1-2H3,(H,23,26). The lowest BCUT2D eigenvalue weighted by Crippen LogP contribution is -2.22. The number of hydrogen-bond donors (Lipinski definition) is 1. The summed E-state index contributed by atoms with van der Waals surface area (Å²) in [7, 11) is 0. The second-order valence-electron chi connectivity index (χ2n) is 6.49. The Morgan fingerprint density at radius 1 is 1.07 bits per heavy atom. The Morgan fingerprint density at radius 3 is 2.46 bits per heavy atom. The fourth-order valence-electron chi connectivity index (χ4n) is 2.70. The van der Waals surface area contributed by atoms with E-state index in [4.69, 9.17) is 4.74 Å². The molecule has 1 N–H and O–H groups in total. The molecular formula is C22H23N3O3. The quantitative estimate of drug-likeness (QED) is 0.628. The Balaban J connectivity index is 1.85. The van der Waals surface area contributed by atoms with Crippen LogP contribution in [0.15, 0.2) is 60.7 Å². The van der Waals surface area contributed by atoms with Gasteiger partial charge in [-0.05, 0) is 25.5 Å². The lowest BCUT2D eigenvalue weighted by atomic mass is 10.1. The first-order valence-electron chi connectivity index (χ1n) is 9.25. The maximum Gasteiger partial charge on any atom is 0.306 e. The van der Waals surface area contributed by atoms with Crippen molar-refractivity contribution in [3.63, 3.8) is 0 Å². The number of anilines is 1. The number of benzene rings is 2. The third-order valence-corrected chi connectivity index (χ3v) is 4.14. The molecule has 6 nitrogen and oxygen atoms in total. The molecule has 0 fully saturated rings. The number of hydrogen-bond acceptors (Lipinski definition) is 4. The van der Waals surface area contributed by atoms with Crippen LogP contribution in [0, 0.1) is 6.92 Å². The van der Waals surface area contributed by atoms with Crippen LogP contribution in [0.1, 0.15) is 25.3 Å². The van der Waals surface area contributed by atoms with E-state index < -0.39 is 5.91 Å². The van der Waals surface area contributed by atoms with E-state index in [1.165, 1.54) is 0 Å². The van der Waals surface area contributed by atoms with Crippen molar-refractivity contribution in [2.75, 3.05) is 11.9 Å². The molecule has 3 rings (SSSR count). The van der Waals surface area contributed by atoms with Gasteiger partial charge in [-0.1, -0.05) is 55.0 Å². The van der Waals surface area contributed by atoms with Crippen LogP contribution in [0.5, 0.6) is 0 Å². The van der Waals surface area contributed by atoms with Gasteiger partial charge in [-0.2, -0.15) is 5.10 Å². The lowest BCUT2D eigenvalue weighted by Gasteiger charge is -2.09. The van der Waals surface area contributed by atoms with Crippen LogP contribution in [0.2, 0.25) is 0 Å². The third kappa shape index (κ3) is 4.85. The molecule has 0 aliphatic heterocycles. The maximum absolute atomic E-state index is 12.3. The number of nitrogens with zero attached hydrogens (tertiary/aromatic N) is 2. The number of amides is 1. The normalized spacial score (nSPS) is 10.5. The number of carbonyl (C=O) groups excluding carboxylic acids is 2. The number of nitrogens with one attached hydrogen (secondary N) is 1. The van der Waals surface area contributed by atoms with E-state index >= 15 is 0 Å². The molecule has 0 atom stereocenters. The molecule has 0 aliphatic carbocycles. The SMILES string of the molecule is CCCC(=O)OCC(=O)Nc1cc(-c2ccc(C)cc2)nn1-c1ccccc1. The maximum atomic E-state index is 12.3. The molecule has 28 heavy (non-hydrogen) atoms. The first kappa shape index (κ1) is 19.4. The molecule has 3 aromatic rings. The summed E-state index contributed by atoms with van der Waals surface area (Å²) in [5.74, 6) is -0.273. The largest absolute Gasteiger partial charge is 0.456 e. The molecule has 0 unspecified atom stereocenters. The van der Waals surface area contributed by atoms with E-state index in [9.17, 15) is 9.59 Å². The number of para-hydroxylation sites is 1. The number of ether oxygens (including phenoxy) is 1. The zero-order valence-electron chi connectivity index (χ0n) is 16.0. The molecule has 0 radical (unpaired) electrons. The number of aromatic nitrogens is 2. The third-order valence-electron chi connectivity index (χ3n) is 4.14. The second kappa shape index (κ2) is 8.99. The van der Waals surface area contributed by atoms with Crippen LogP contribution < -0.4 is 5.32 Å². The molecule has 0 aliphatic rings. The molecule has 0 saturated heterocycles. The van der Waals surface area contributed by atoms with Gasteiger partial charge in [0.2, 0.25) is 0 Å². The first-order chi connectivity index (χ1) is 13.6. The van der Waals surface area contributed by atoms with Gasteiger partial charge < -0.3 is 10.1 Å². The van der Waals surface area contributed by atoms with Gasteiger partial charge in [0.05, 0.1) is 11.4 Å². The van der Waals surface area contributed by atoms with Crippen LogP contribution in [0.3, 0.4) is 0 Å². The summed E-state index contributed by atoms with van der Waals surface area (Å²) in [4.78, 5) is 23.8. The van der Waals surface area contributed by atoms with Gasteiger partial charge in [0.1, 0.15) is 5.82 Å². The van der Waals surface area contributed by atoms with Crippen LogP contribution in [0.25, 0.3) is 16.9 Å². The zero-order chi connectivity index (χ0) is 19.9. The molecule has 1 amide bonds. The molecule has 2 aromatic carbocycles. The lowest BCUT2D eigenvalue weighted by molar-refractivity contribution is -0.147. The smallest absolute Gasteiger partial charge is 0.306 e. The fraction of sp³-hybridized carbons (Fsp3) is 0.227. The van der Waals surface area contributed by atoms with Crippen molar-refractivity contribution in [2.45, 2.75) is 26.7 Å². The highest BCUT2D eigenvalue weighted by Gasteiger charge is 2.15. The highest BCUT2D eigenvalue weighted by atomic mass is 16.5. The Kier molecular flexibility index (Phi) is 6.22. The highest BCUT2D eigenvalue weighted by Crippen LogP contribution is 2.25. The molecule has 0 bridgehead atoms. The topological polar surface area (TPSA) is 73.2 Å². The highest BCUT2D eigenvalue weighted by molar-refractivity contribution is 5.93. The van der Waals surface area contributed by atoms with Gasteiger partial charge >= 0.3 is 5.97 Å². The van der Waals surface area contributed by atoms with Crippen LogP contribution in [-0.2, 0) is 14.3 Å². The van der Waals surface area contributed by atoms with Crippen molar-refractivity contribution in [2.24, 2.45) is 0 Å². The Labute approximate surface area is 164 Å². The predicted octanol–water partition coefficient (Wildman–Crippen LogP) is 4.13. The number of esters is 1. The van der Waals surface area contributed by atoms with Gasteiger partial charge in [-0.25, -0.2) is 4.68 Å². The molecule has 0 saturated carbocycles. The number of aryl methyl sites for hydroxylation is 1. The van der Waals surface area contributed by atoms with E-state index in [0.717, 1.165) is 22.5 Å². The molecule has 1 aromatic heterocycles. The Hall–Kier alpha value is -3.41. The van der Waals surface area contributed by atoms with Crippen molar-refractivity contribution in [1.82, 2.24) is 9.78 Å². The summed E-state index contributed by atoms with van der Waals surface area (Å²) in [5, 5.41) is 7.44. The summed E-state index contributed by atoms with van der Waals surface area (Å²) in [5.41, 5.74) is 3.67. The van der Waals surface area contributed by atoms with E-state index in [1.54, 1.807) is 4.68 Å². The van der Waals surface area contributed by atoms with Crippen molar-refractivity contribution in [3.05, 3.63) is 66.2 Å². The van der Waals surface area contributed by atoms with Crippen LogP contribution in [0.4, 0.5) is 5.82 Å². The summed E-state index contributed by atoms with van der Waals surface area (Å²) in [6, 6.07) is 19.4. The van der Waals surface area contributed by atoms with Gasteiger partial charge in [-0.15, -0.1) is 0 Å². The summed E-state index contributed by atoms with van der Waals surface area (Å²) in [6.45, 7) is 3.59. The van der Waals surface area contributed by atoms with E-state index in [2.05, 4.69) is 10.4 Å². The summed E-state index contributed by atoms with van der Waals surface area (Å²) < 4.78 is 6.65. The van der Waals surface area contributed by atoms with Crippen molar-refractivity contribution >= 4 is 17.7 Å². The van der Waals surface area contributed by atoms with Crippen molar-refractivity contribution < 1.29 is 14.3 Å². The Morgan fingerprint density at radius 2 is 1.79 bits per heavy atom. The van der Waals surface area contributed by atoms with Crippen molar-refractivity contribution in [1.29, 1.82) is 0 Å². The molecule has 1 heterocycles. The molecular weight excluding hydrogens is 354 g/mol. The summed E-state index contributed by atoms with van der Waals surface area (Å²) in [6.07, 6.45) is 0.980. The molecule has 0 spiro atoms. The minimum absolute atomic E-state index is 0.298. The summed E-state index contributed by atoms with van der Waals surface area (Å²) >= 11 is 0. The van der Waals surface area contributed by atoms with Crippen LogP contribution in [-0.4, -0.2) is 28.3 Å². The molecule has 6 heteroatoms. The van der Waals surface area contributed by atoms with Gasteiger partial charge in [0.25, 0.3) is 5.91 Å². The van der Waals surface area contributed by atoms with Gasteiger partial charge in [0, 0.05) is 18.1 Å². The Bertz CT molecular complexity index is 947. The fourth-order valence-corrected chi connectivity index (χ4v) is 2.70. The monoisotopic (exact) mass is 377 g/mol. The number of rotatable bonds is 7. The minimum atomic E-state index is -0.406. The van der Waals surface area contributed by atoms with E-state index in [1.807, 2.05) is 74.5 Å². The molecule has 144 valence electrons. The zero-order valence-corrected chi connectivity index (χ0v) is 16.0. The predicted molar refractivity (Wildman–Crippen MR) is 108 cm³/mol. The first-order valence-corrected chi connectivity index (χ1v) is 9.25. The van der Waals surface area contributed by atoms with Crippen LogP contribution >= 0.6 is 0 Å². The average molecular weight is 377 g/mol. The van der Waals surface area contributed by atoms with E-state index in [0.29, 0.717) is 18.7 Å². The average Bonchev–Trinajstić information content (AvgIpc) is 3.11.